The van der Waals surface area contributed by atoms with E-state index >= 15 is 0 Å². The van der Waals surface area contributed by atoms with Gasteiger partial charge in [-0.25, -0.2) is 9.71 Å². The number of furan rings is 1. The second-order valence-electron chi connectivity index (χ2n) is 4.48. The molecule has 7 nitrogen and oxygen atoms in total. The molecule has 1 N–H and O–H groups in total. The van der Waals surface area contributed by atoms with Crippen molar-refractivity contribution < 1.29 is 17.6 Å². The zero-order valence-corrected chi connectivity index (χ0v) is 11.1. The molecule has 1 saturated carbocycles. The Bertz CT molecular complexity index is 712. The highest BCUT2D eigenvalue weighted by atomic mass is 32.2. The lowest BCUT2D eigenvalue weighted by Crippen LogP contribution is -2.32. The summed E-state index contributed by atoms with van der Waals surface area (Å²) in [6, 6.07) is 3.51. The molecule has 0 spiro atoms. The fourth-order valence-electron chi connectivity index (χ4n) is 1.99. The van der Waals surface area contributed by atoms with Crippen molar-refractivity contribution in [2.24, 2.45) is 5.92 Å². The molecule has 2 aromatic heterocycles. The lowest BCUT2D eigenvalue weighted by Gasteiger charge is -2.04. The first-order valence-electron chi connectivity index (χ1n) is 5.94. The van der Waals surface area contributed by atoms with Gasteiger partial charge in [-0.15, -0.1) is 0 Å². The van der Waals surface area contributed by atoms with E-state index in [1.54, 1.807) is 12.1 Å². The first kappa shape index (κ1) is 12.8. The molecule has 8 heteroatoms. The average molecular weight is 293 g/mol. The minimum atomic E-state index is -3.96. The van der Waals surface area contributed by atoms with Gasteiger partial charge in [0, 0.05) is 24.2 Å². The van der Waals surface area contributed by atoms with Crippen LogP contribution in [0.25, 0.3) is 0 Å². The zero-order valence-electron chi connectivity index (χ0n) is 10.3. The van der Waals surface area contributed by atoms with Crippen molar-refractivity contribution in [2.45, 2.75) is 17.4 Å². The Morgan fingerprint density at radius 1 is 1.40 bits per heavy atom. The van der Waals surface area contributed by atoms with Crippen LogP contribution >= 0.6 is 0 Å². The van der Waals surface area contributed by atoms with E-state index in [0.29, 0.717) is 12.2 Å². The summed E-state index contributed by atoms with van der Waals surface area (Å²) in [6.07, 6.45) is 5.80. The van der Waals surface area contributed by atoms with Gasteiger partial charge in [0.25, 0.3) is 10.0 Å². The van der Waals surface area contributed by atoms with Crippen molar-refractivity contribution in [1.29, 1.82) is 0 Å². The minimum Gasteiger partial charge on any atom is -0.469 e. The van der Waals surface area contributed by atoms with Gasteiger partial charge in [-0.05, 0) is 18.6 Å². The molecule has 0 bridgehead atoms. The molecule has 20 heavy (non-hydrogen) atoms. The number of hydrogen-bond donors (Lipinski definition) is 1. The third kappa shape index (κ3) is 2.42. The normalized spacial score (nSPS) is 21.4. The van der Waals surface area contributed by atoms with E-state index in [2.05, 4.69) is 9.97 Å². The molecule has 104 valence electrons. The van der Waals surface area contributed by atoms with Gasteiger partial charge >= 0.3 is 0 Å². The van der Waals surface area contributed by atoms with Gasteiger partial charge in [0.15, 0.2) is 5.03 Å². The Hall–Kier alpha value is -2.22. The van der Waals surface area contributed by atoms with Gasteiger partial charge in [0.05, 0.1) is 12.5 Å². The second-order valence-corrected chi connectivity index (χ2v) is 6.11. The number of rotatable bonds is 4. The monoisotopic (exact) mass is 293 g/mol. The van der Waals surface area contributed by atoms with Crippen molar-refractivity contribution in [3.05, 3.63) is 42.7 Å². The molecule has 1 fully saturated rings. The quantitative estimate of drug-likeness (QED) is 0.889. The number of nitrogens with one attached hydrogen (secondary N) is 1. The van der Waals surface area contributed by atoms with Crippen LogP contribution in [0.15, 0.2) is 46.4 Å². The van der Waals surface area contributed by atoms with Gasteiger partial charge in [0.2, 0.25) is 5.91 Å². The highest BCUT2D eigenvalue weighted by Crippen LogP contribution is 2.47. The Morgan fingerprint density at radius 2 is 2.25 bits per heavy atom. The van der Waals surface area contributed by atoms with Crippen molar-refractivity contribution >= 4 is 15.9 Å². The first-order valence-corrected chi connectivity index (χ1v) is 7.42. The maximum atomic E-state index is 11.9. The lowest BCUT2D eigenvalue weighted by atomic mass is 10.2. The second kappa shape index (κ2) is 4.71. The third-order valence-corrected chi connectivity index (χ3v) is 4.32. The van der Waals surface area contributed by atoms with Crippen LogP contribution in [-0.4, -0.2) is 24.3 Å². The van der Waals surface area contributed by atoms with Crippen LogP contribution in [0, 0.1) is 5.92 Å². The van der Waals surface area contributed by atoms with E-state index < -0.39 is 15.9 Å². The summed E-state index contributed by atoms with van der Waals surface area (Å²) in [4.78, 5) is 19.3. The Kier molecular flexibility index (Phi) is 3.01. The summed E-state index contributed by atoms with van der Waals surface area (Å²) < 4.78 is 31.0. The topological polar surface area (TPSA) is 102 Å². The van der Waals surface area contributed by atoms with Gasteiger partial charge in [-0.2, -0.15) is 8.42 Å². The van der Waals surface area contributed by atoms with Crippen molar-refractivity contribution in [3.63, 3.8) is 0 Å². The molecule has 1 aliphatic rings. The number of carbonyl (C=O) groups is 1. The smallest absolute Gasteiger partial charge is 0.283 e. The number of amides is 1. The number of nitrogens with zero attached hydrogens (tertiary/aromatic N) is 2. The molecular weight excluding hydrogens is 282 g/mol. The largest absolute Gasteiger partial charge is 0.469 e. The molecule has 2 atom stereocenters. The van der Waals surface area contributed by atoms with Gasteiger partial charge in [-0.1, -0.05) is 0 Å². The van der Waals surface area contributed by atoms with Crippen molar-refractivity contribution in [2.75, 3.05) is 0 Å². The molecule has 0 saturated heterocycles. The van der Waals surface area contributed by atoms with Crippen LogP contribution in [0.2, 0.25) is 0 Å². The SMILES string of the molecule is O=C(NS(=O)(=O)c1cnccn1)C1CC1c1ccco1. The predicted molar refractivity (Wildman–Crippen MR) is 66.9 cm³/mol. The van der Waals surface area contributed by atoms with E-state index in [9.17, 15) is 13.2 Å². The van der Waals surface area contributed by atoms with Crippen LogP contribution in [0.3, 0.4) is 0 Å². The zero-order chi connectivity index (χ0) is 14.2. The number of aromatic nitrogens is 2. The molecular formula is C12H11N3O4S. The highest BCUT2D eigenvalue weighted by Gasteiger charge is 2.47. The molecule has 1 aliphatic carbocycles. The summed E-state index contributed by atoms with van der Waals surface area (Å²) in [5.41, 5.74) is 0. The van der Waals surface area contributed by atoms with Crippen LogP contribution < -0.4 is 4.72 Å². The summed E-state index contributed by atoms with van der Waals surface area (Å²) in [5, 5.41) is -0.274. The molecule has 0 aromatic carbocycles. The molecule has 0 aliphatic heterocycles. The number of carbonyl (C=O) groups excluding carboxylic acids is 1. The molecule has 2 aromatic rings. The van der Waals surface area contributed by atoms with Crippen molar-refractivity contribution in [3.8, 4) is 0 Å². The molecule has 0 radical (unpaired) electrons. The Morgan fingerprint density at radius 3 is 2.90 bits per heavy atom. The molecule has 1 amide bonds. The van der Waals surface area contributed by atoms with Crippen LogP contribution in [0.1, 0.15) is 18.1 Å². The molecule has 2 unspecified atom stereocenters. The van der Waals surface area contributed by atoms with Gasteiger partial charge in [0.1, 0.15) is 5.76 Å². The van der Waals surface area contributed by atoms with E-state index in [-0.39, 0.29) is 16.9 Å². The summed E-state index contributed by atoms with van der Waals surface area (Å²) >= 11 is 0. The summed E-state index contributed by atoms with van der Waals surface area (Å²) in [6.45, 7) is 0. The minimum absolute atomic E-state index is 0.0537. The van der Waals surface area contributed by atoms with Gasteiger partial charge < -0.3 is 4.42 Å². The Balaban J connectivity index is 1.69. The fraction of sp³-hybridized carbons (Fsp3) is 0.250. The highest BCUT2D eigenvalue weighted by molar-refractivity contribution is 7.90. The Labute approximate surface area is 115 Å². The maximum absolute atomic E-state index is 11.9. The predicted octanol–water partition coefficient (Wildman–Crippen LogP) is 0.678. The van der Waals surface area contributed by atoms with E-state index in [0.717, 1.165) is 6.20 Å². The van der Waals surface area contributed by atoms with Gasteiger partial charge in [-0.3, -0.25) is 9.78 Å². The standard InChI is InChI=1S/C12H11N3O4S/c16-12(9-6-8(9)10-2-1-5-19-10)15-20(17,18)11-7-13-3-4-14-11/h1-5,7-9H,6H2,(H,15,16). The first-order chi connectivity index (χ1) is 9.58. The van der Waals surface area contributed by atoms with E-state index in [1.807, 2.05) is 4.72 Å². The fourth-order valence-corrected chi connectivity index (χ4v) is 2.91. The summed E-state index contributed by atoms with van der Waals surface area (Å²) in [5.74, 6) is -0.284. The van der Waals surface area contributed by atoms with Crippen LogP contribution in [-0.2, 0) is 14.8 Å². The van der Waals surface area contributed by atoms with E-state index in [4.69, 9.17) is 4.42 Å². The maximum Gasteiger partial charge on any atom is 0.283 e. The van der Waals surface area contributed by atoms with Crippen LogP contribution in [0.5, 0.6) is 0 Å². The lowest BCUT2D eigenvalue weighted by molar-refractivity contribution is -0.120. The number of hydrogen-bond acceptors (Lipinski definition) is 6. The number of sulfonamides is 1. The average Bonchev–Trinajstić information content (AvgIpc) is 3.06. The molecule has 2 heterocycles. The van der Waals surface area contributed by atoms with Crippen molar-refractivity contribution in [1.82, 2.24) is 14.7 Å². The molecule has 3 rings (SSSR count). The van der Waals surface area contributed by atoms with Crippen LogP contribution in [0.4, 0.5) is 0 Å². The third-order valence-electron chi connectivity index (χ3n) is 3.09. The summed E-state index contributed by atoms with van der Waals surface area (Å²) in [7, 11) is -3.96. The van der Waals surface area contributed by atoms with E-state index in [1.165, 1.54) is 18.7 Å².